The zero-order chi connectivity index (χ0) is 14.9. The van der Waals surface area contributed by atoms with E-state index in [2.05, 4.69) is 0 Å². The summed E-state index contributed by atoms with van der Waals surface area (Å²) in [6.07, 6.45) is -2.44. The van der Waals surface area contributed by atoms with Crippen molar-refractivity contribution in [1.29, 1.82) is 0 Å². The smallest absolute Gasteiger partial charge is 0.389 e. The number of hydrogen-bond acceptors (Lipinski definition) is 3. The number of rotatable bonds is 10. The molecule has 116 valence electrons. The van der Waals surface area contributed by atoms with Crippen LogP contribution in [0, 0.1) is 0 Å². The molecule has 0 saturated carbocycles. The van der Waals surface area contributed by atoms with Crippen molar-refractivity contribution in [2.45, 2.75) is 64.1 Å². The predicted octanol–water partition coefficient (Wildman–Crippen LogP) is 3.08. The van der Waals surface area contributed by atoms with Gasteiger partial charge in [-0.1, -0.05) is 19.3 Å². The van der Waals surface area contributed by atoms with Crippen molar-refractivity contribution in [2.24, 2.45) is 0 Å². The van der Waals surface area contributed by atoms with Gasteiger partial charge < -0.3 is 5.11 Å². The van der Waals surface area contributed by atoms with E-state index < -0.39 is 22.4 Å². The van der Waals surface area contributed by atoms with Gasteiger partial charge in [0.05, 0.1) is 17.6 Å². The molecule has 1 N–H and O–H groups in total. The lowest BCUT2D eigenvalue weighted by Crippen LogP contribution is -2.15. The first kappa shape index (κ1) is 18.7. The van der Waals surface area contributed by atoms with Gasteiger partial charge in [0.2, 0.25) is 0 Å². The van der Waals surface area contributed by atoms with Crippen LogP contribution in [-0.4, -0.2) is 37.3 Å². The van der Waals surface area contributed by atoms with Crippen molar-refractivity contribution in [3.05, 3.63) is 0 Å². The zero-order valence-corrected chi connectivity index (χ0v) is 12.1. The van der Waals surface area contributed by atoms with Crippen LogP contribution in [0.4, 0.5) is 13.2 Å². The molecule has 3 nitrogen and oxygen atoms in total. The fourth-order valence-corrected chi connectivity index (χ4v) is 3.14. The monoisotopic (exact) mass is 304 g/mol. The highest BCUT2D eigenvalue weighted by Gasteiger charge is 2.27. The maximum absolute atomic E-state index is 11.9. The highest BCUT2D eigenvalue weighted by Crippen LogP contribution is 2.21. The second kappa shape index (κ2) is 8.79. The molecule has 0 saturated heterocycles. The minimum Gasteiger partial charge on any atom is -0.393 e. The average molecular weight is 304 g/mol. The Hall–Kier alpha value is -0.300. The lowest BCUT2D eigenvalue weighted by molar-refractivity contribution is -0.134. The Bertz CT molecular complexity index is 324. The Morgan fingerprint density at radius 3 is 2.05 bits per heavy atom. The molecular weight excluding hydrogens is 281 g/mol. The summed E-state index contributed by atoms with van der Waals surface area (Å²) in [6, 6.07) is 0. The van der Waals surface area contributed by atoms with Crippen molar-refractivity contribution < 1.29 is 26.7 Å². The number of aliphatic hydroxyl groups excluding tert-OH is 1. The van der Waals surface area contributed by atoms with Gasteiger partial charge in [0.15, 0.2) is 0 Å². The molecule has 0 unspecified atom stereocenters. The van der Waals surface area contributed by atoms with Crippen LogP contribution in [-0.2, 0) is 9.84 Å². The maximum atomic E-state index is 11.9. The van der Waals surface area contributed by atoms with Gasteiger partial charge in [-0.2, -0.15) is 13.2 Å². The van der Waals surface area contributed by atoms with E-state index in [0.717, 1.165) is 19.3 Å². The largest absolute Gasteiger partial charge is 0.393 e. The van der Waals surface area contributed by atoms with Crippen LogP contribution in [0.25, 0.3) is 0 Å². The Labute approximate surface area is 113 Å². The van der Waals surface area contributed by atoms with Crippen LogP contribution >= 0.6 is 0 Å². The van der Waals surface area contributed by atoms with E-state index in [0.29, 0.717) is 12.8 Å². The van der Waals surface area contributed by atoms with E-state index in [9.17, 15) is 21.6 Å². The third-order valence-corrected chi connectivity index (χ3v) is 4.56. The SMILES string of the molecule is C[C@@H](O)CCCCCCS(=O)(=O)CCCC(F)(F)F. The Balaban J connectivity index is 3.63. The molecule has 0 amide bonds. The minimum absolute atomic E-state index is 0.0421. The number of sulfone groups is 1. The van der Waals surface area contributed by atoms with Crippen LogP contribution in [0.15, 0.2) is 0 Å². The normalized spacial score (nSPS) is 14.6. The molecule has 0 radical (unpaired) electrons. The van der Waals surface area contributed by atoms with E-state index in [1.54, 1.807) is 6.92 Å². The van der Waals surface area contributed by atoms with Gasteiger partial charge in [-0.25, -0.2) is 8.42 Å². The topological polar surface area (TPSA) is 54.4 Å². The van der Waals surface area contributed by atoms with Gasteiger partial charge in [-0.3, -0.25) is 0 Å². The molecule has 0 rings (SSSR count). The van der Waals surface area contributed by atoms with Crippen LogP contribution in [0.5, 0.6) is 0 Å². The van der Waals surface area contributed by atoms with Crippen molar-refractivity contribution in [1.82, 2.24) is 0 Å². The van der Waals surface area contributed by atoms with Crippen LogP contribution in [0.3, 0.4) is 0 Å². The third kappa shape index (κ3) is 13.9. The first-order valence-corrected chi connectivity index (χ1v) is 8.40. The molecule has 0 aromatic rings. The molecule has 0 bridgehead atoms. The standard InChI is InChI=1S/C12H23F3O3S/c1-11(16)7-4-2-3-5-9-19(17,18)10-6-8-12(13,14)15/h11,16H,2-10H2,1H3/t11-/m1/s1. The van der Waals surface area contributed by atoms with Crippen molar-refractivity contribution in [3.63, 3.8) is 0 Å². The summed E-state index contributed by atoms with van der Waals surface area (Å²) in [5, 5.41) is 9.01. The highest BCUT2D eigenvalue weighted by atomic mass is 32.2. The molecule has 0 spiro atoms. The summed E-state index contributed by atoms with van der Waals surface area (Å²) in [5.41, 5.74) is 0. The first-order chi connectivity index (χ1) is 8.62. The van der Waals surface area contributed by atoms with Crippen molar-refractivity contribution in [2.75, 3.05) is 11.5 Å². The van der Waals surface area contributed by atoms with E-state index in [1.807, 2.05) is 0 Å². The van der Waals surface area contributed by atoms with E-state index in [4.69, 9.17) is 5.11 Å². The van der Waals surface area contributed by atoms with Gasteiger partial charge in [-0.05, 0) is 26.2 Å². The molecule has 0 aromatic carbocycles. The van der Waals surface area contributed by atoms with Gasteiger partial charge >= 0.3 is 6.18 Å². The van der Waals surface area contributed by atoms with Gasteiger partial charge in [0.25, 0.3) is 0 Å². The number of unbranched alkanes of at least 4 members (excludes halogenated alkanes) is 3. The van der Waals surface area contributed by atoms with E-state index >= 15 is 0 Å². The molecule has 1 atom stereocenters. The summed E-state index contributed by atoms with van der Waals surface area (Å²) in [5.74, 6) is -0.431. The zero-order valence-electron chi connectivity index (χ0n) is 11.2. The van der Waals surface area contributed by atoms with Gasteiger partial charge in [0.1, 0.15) is 9.84 Å². The van der Waals surface area contributed by atoms with Crippen LogP contribution < -0.4 is 0 Å². The molecular formula is C12H23F3O3S. The molecule has 19 heavy (non-hydrogen) atoms. The van der Waals surface area contributed by atoms with Crippen molar-refractivity contribution in [3.8, 4) is 0 Å². The molecule has 0 fully saturated rings. The second-order valence-corrected chi connectivity index (χ2v) is 7.23. The molecule has 0 heterocycles. The summed E-state index contributed by atoms with van der Waals surface area (Å²) < 4.78 is 58.5. The van der Waals surface area contributed by atoms with Crippen LogP contribution in [0.1, 0.15) is 51.9 Å². The molecule has 0 aliphatic carbocycles. The summed E-state index contributed by atoms with van der Waals surface area (Å²) >= 11 is 0. The van der Waals surface area contributed by atoms with Crippen molar-refractivity contribution >= 4 is 9.84 Å². The number of hydrogen-bond donors (Lipinski definition) is 1. The Kier molecular flexibility index (Phi) is 8.65. The summed E-state index contributed by atoms with van der Waals surface area (Å²) in [4.78, 5) is 0. The lowest BCUT2D eigenvalue weighted by Gasteiger charge is -2.07. The number of halogens is 3. The fraction of sp³-hybridized carbons (Fsp3) is 1.00. The fourth-order valence-electron chi connectivity index (χ4n) is 1.71. The second-order valence-electron chi connectivity index (χ2n) is 4.92. The predicted molar refractivity (Wildman–Crippen MR) is 68.7 cm³/mol. The van der Waals surface area contributed by atoms with Crippen LogP contribution in [0.2, 0.25) is 0 Å². The quantitative estimate of drug-likeness (QED) is 0.631. The molecule has 0 aliphatic rings. The molecule has 0 aliphatic heterocycles. The molecule has 0 aromatic heterocycles. The number of alkyl halides is 3. The number of aliphatic hydroxyl groups is 1. The Morgan fingerprint density at radius 1 is 1.00 bits per heavy atom. The average Bonchev–Trinajstić information content (AvgIpc) is 2.20. The third-order valence-electron chi connectivity index (χ3n) is 2.74. The van der Waals surface area contributed by atoms with Gasteiger partial charge in [-0.15, -0.1) is 0 Å². The maximum Gasteiger partial charge on any atom is 0.389 e. The highest BCUT2D eigenvalue weighted by molar-refractivity contribution is 7.91. The Morgan fingerprint density at radius 2 is 1.53 bits per heavy atom. The molecule has 7 heteroatoms. The lowest BCUT2D eigenvalue weighted by atomic mass is 10.1. The summed E-state index contributed by atoms with van der Waals surface area (Å²) in [6.45, 7) is 1.70. The van der Waals surface area contributed by atoms with E-state index in [1.165, 1.54) is 0 Å². The van der Waals surface area contributed by atoms with E-state index in [-0.39, 0.29) is 24.0 Å². The minimum atomic E-state index is -4.28. The summed E-state index contributed by atoms with van der Waals surface area (Å²) in [7, 11) is -3.36. The first-order valence-electron chi connectivity index (χ1n) is 6.57. The van der Waals surface area contributed by atoms with Gasteiger partial charge in [0, 0.05) is 6.42 Å².